The van der Waals surface area contributed by atoms with Crippen LogP contribution in [0.5, 0.6) is 0 Å². The van der Waals surface area contributed by atoms with Gasteiger partial charge in [-0.1, -0.05) is 152 Å². The summed E-state index contributed by atoms with van der Waals surface area (Å²) in [5, 5.41) is 13.0. The van der Waals surface area contributed by atoms with Crippen LogP contribution in [0.3, 0.4) is 0 Å². The van der Waals surface area contributed by atoms with Crippen LogP contribution >= 0.6 is 0 Å². The van der Waals surface area contributed by atoms with Crippen LogP contribution in [0.2, 0.25) is 0 Å². The van der Waals surface area contributed by atoms with Gasteiger partial charge in [0.05, 0.1) is 16.7 Å². The smallest absolute Gasteiger partial charge is 0.164 e. The minimum atomic E-state index is 0.528. The van der Waals surface area contributed by atoms with Crippen molar-refractivity contribution in [3.05, 3.63) is 218 Å². The lowest BCUT2D eigenvalue weighted by atomic mass is 9.95. The minimum Gasteiger partial charge on any atom is -0.456 e. The molecular weight excluding hydrogens is 885 g/mol. The van der Waals surface area contributed by atoms with Gasteiger partial charge in [-0.05, 0) is 88.5 Å². The molecule has 334 valence electrons. The number of benzene rings is 11. The highest BCUT2D eigenvalue weighted by Gasteiger charge is 2.25. The summed E-state index contributed by atoms with van der Waals surface area (Å²) in [6.45, 7) is 0. The van der Waals surface area contributed by atoms with E-state index in [1.165, 1.54) is 32.3 Å². The molecule has 7 nitrogen and oxygen atoms in total. The van der Waals surface area contributed by atoms with Gasteiger partial charge in [-0.2, -0.15) is 0 Å². The van der Waals surface area contributed by atoms with Crippen molar-refractivity contribution in [2.24, 2.45) is 0 Å². The summed E-state index contributed by atoms with van der Waals surface area (Å²) >= 11 is 0. The Morgan fingerprint density at radius 2 is 0.764 bits per heavy atom. The second kappa shape index (κ2) is 14.8. The topological polar surface area (TPSA) is 83.0 Å². The summed E-state index contributed by atoms with van der Waals surface area (Å²) < 4.78 is 21.9. The van der Waals surface area contributed by atoms with Gasteiger partial charge in [-0.3, -0.25) is 0 Å². The van der Waals surface area contributed by atoms with E-state index >= 15 is 0 Å². The molecule has 5 aromatic heterocycles. The molecule has 11 aromatic carbocycles. The number of aromatic nitrogens is 4. The van der Waals surface area contributed by atoms with E-state index in [2.05, 4.69) is 150 Å². The first-order chi connectivity index (χ1) is 35.7. The lowest BCUT2D eigenvalue weighted by Gasteiger charge is -2.18. The van der Waals surface area contributed by atoms with Crippen molar-refractivity contribution in [3.8, 4) is 51.0 Å². The number of furan rings is 3. The molecule has 7 heteroatoms. The molecule has 0 radical (unpaired) electrons. The van der Waals surface area contributed by atoms with Gasteiger partial charge in [0.2, 0.25) is 0 Å². The summed E-state index contributed by atoms with van der Waals surface area (Å²) in [6, 6.07) is 76.4. The van der Waals surface area contributed by atoms with Crippen LogP contribution in [0.15, 0.2) is 232 Å². The van der Waals surface area contributed by atoms with Crippen LogP contribution in [0, 0.1) is 0 Å². The Kier molecular flexibility index (Phi) is 8.04. The van der Waals surface area contributed by atoms with E-state index in [4.69, 9.17) is 28.2 Å². The van der Waals surface area contributed by atoms with E-state index in [9.17, 15) is 0 Å². The van der Waals surface area contributed by atoms with E-state index in [0.29, 0.717) is 17.5 Å². The Morgan fingerprint density at radius 1 is 0.292 bits per heavy atom. The number of hydrogen-bond donors (Lipinski definition) is 0. The minimum absolute atomic E-state index is 0.528. The molecule has 72 heavy (non-hydrogen) atoms. The third kappa shape index (κ3) is 5.64. The predicted molar refractivity (Wildman–Crippen MR) is 293 cm³/mol. The van der Waals surface area contributed by atoms with Gasteiger partial charge >= 0.3 is 0 Å². The Labute approximate surface area is 409 Å². The van der Waals surface area contributed by atoms with Crippen molar-refractivity contribution in [2.75, 3.05) is 0 Å². The summed E-state index contributed by atoms with van der Waals surface area (Å²) in [6.07, 6.45) is 0. The monoisotopic (exact) mass is 920 g/mol. The zero-order valence-corrected chi connectivity index (χ0v) is 38.3. The fourth-order valence-corrected chi connectivity index (χ4v) is 11.5. The third-order valence-corrected chi connectivity index (χ3v) is 14.6. The molecule has 0 bridgehead atoms. The van der Waals surface area contributed by atoms with Crippen molar-refractivity contribution in [1.29, 1.82) is 0 Å². The zero-order valence-electron chi connectivity index (χ0n) is 38.3. The molecule has 0 aliphatic carbocycles. The Hall–Kier alpha value is -9.85. The summed E-state index contributed by atoms with van der Waals surface area (Å²) in [4.78, 5) is 16.3. The first-order valence-electron chi connectivity index (χ1n) is 24.2. The molecular formula is C65H36N4O3. The second-order valence-corrected chi connectivity index (χ2v) is 18.6. The zero-order chi connectivity index (χ0) is 47.0. The van der Waals surface area contributed by atoms with E-state index in [1.54, 1.807) is 0 Å². The normalized spacial score (nSPS) is 12.2. The van der Waals surface area contributed by atoms with Gasteiger partial charge in [0.25, 0.3) is 0 Å². The standard InChI is InChI=1S/C65H36N4O3/c1-2-16-39-36-52-50(34-38(39)15-1)43-32-30-37-14-3-4-17-41(37)62(43)69(52)51-33-31-40(35-49(51)42-21-11-27-56-59(42)44-18-5-8-24-53(44)70-56)63-66-64(47-22-12-28-57-60(47)45-19-6-9-25-54(45)71-57)68-65(67-63)48-23-13-29-58-61(48)46-20-7-10-26-55(46)72-58/h1-36H. The van der Waals surface area contributed by atoms with Gasteiger partial charge < -0.3 is 17.8 Å². The van der Waals surface area contributed by atoms with Gasteiger partial charge in [0.15, 0.2) is 17.5 Å². The molecule has 0 spiro atoms. The molecule has 0 unspecified atom stereocenters. The SMILES string of the molecule is c1ccc2cc3c(cc2c1)c1ccc2ccccc2c1n3-c1ccc(-c2nc(-c3cccc4oc5ccccc5c34)nc(-c3cccc4oc5ccccc5c34)n2)cc1-c1cccc2oc3ccccc3c12. The van der Waals surface area contributed by atoms with Crippen LogP contribution in [0.1, 0.15) is 0 Å². The lowest BCUT2D eigenvalue weighted by Crippen LogP contribution is -2.02. The summed E-state index contributed by atoms with van der Waals surface area (Å²) in [5.41, 5.74) is 12.6. The molecule has 0 aliphatic rings. The van der Waals surface area contributed by atoms with Gasteiger partial charge in [0, 0.05) is 70.7 Å². The van der Waals surface area contributed by atoms with Crippen molar-refractivity contribution < 1.29 is 13.3 Å². The van der Waals surface area contributed by atoms with Crippen LogP contribution in [-0.2, 0) is 0 Å². The fraction of sp³-hybridized carbons (Fsp3) is 0. The quantitative estimate of drug-likeness (QED) is 0.171. The first-order valence-corrected chi connectivity index (χ1v) is 24.2. The van der Waals surface area contributed by atoms with E-state index in [-0.39, 0.29) is 0 Å². The molecule has 0 saturated carbocycles. The average Bonchev–Trinajstić information content (AvgIpc) is 4.21. The lowest BCUT2D eigenvalue weighted by molar-refractivity contribution is 0.668. The fourth-order valence-electron chi connectivity index (χ4n) is 11.5. The molecule has 0 atom stereocenters. The van der Waals surface area contributed by atoms with Gasteiger partial charge in [-0.15, -0.1) is 0 Å². The summed E-state index contributed by atoms with van der Waals surface area (Å²) in [5.74, 6) is 1.60. The molecule has 0 aliphatic heterocycles. The van der Waals surface area contributed by atoms with Crippen LogP contribution < -0.4 is 0 Å². The van der Waals surface area contributed by atoms with Crippen LogP contribution in [0.25, 0.3) is 160 Å². The maximum atomic E-state index is 6.60. The highest BCUT2D eigenvalue weighted by atomic mass is 16.3. The molecule has 16 aromatic rings. The number of fused-ring (bicyclic) bond motifs is 15. The van der Waals surface area contributed by atoms with Gasteiger partial charge in [0.1, 0.15) is 33.5 Å². The number of hydrogen-bond acceptors (Lipinski definition) is 6. The van der Waals surface area contributed by atoms with Crippen molar-refractivity contribution in [1.82, 2.24) is 19.5 Å². The van der Waals surface area contributed by atoms with Crippen molar-refractivity contribution >= 4 is 109 Å². The van der Waals surface area contributed by atoms with Crippen LogP contribution in [0.4, 0.5) is 0 Å². The van der Waals surface area contributed by atoms with Crippen molar-refractivity contribution in [2.45, 2.75) is 0 Å². The maximum Gasteiger partial charge on any atom is 0.164 e. The van der Waals surface area contributed by atoms with E-state index in [1.807, 2.05) is 72.8 Å². The molecule has 0 saturated heterocycles. The second-order valence-electron chi connectivity index (χ2n) is 18.6. The predicted octanol–water partition coefficient (Wildman–Crippen LogP) is 17.6. The molecule has 16 rings (SSSR count). The molecule has 0 N–H and O–H groups in total. The highest BCUT2D eigenvalue weighted by molar-refractivity contribution is 6.22. The summed E-state index contributed by atoms with van der Waals surface area (Å²) in [7, 11) is 0. The number of rotatable bonds is 5. The largest absolute Gasteiger partial charge is 0.456 e. The Bertz CT molecular complexity index is 4820. The Morgan fingerprint density at radius 3 is 1.36 bits per heavy atom. The van der Waals surface area contributed by atoms with E-state index in [0.717, 1.165) is 110 Å². The van der Waals surface area contributed by atoms with Crippen LogP contribution in [-0.4, -0.2) is 19.5 Å². The number of para-hydroxylation sites is 3. The average molecular weight is 921 g/mol. The molecule has 5 heterocycles. The Balaban J connectivity index is 1.03. The maximum absolute atomic E-state index is 6.60. The molecule has 0 fully saturated rings. The third-order valence-electron chi connectivity index (χ3n) is 14.6. The van der Waals surface area contributed by atoms with Gasteiger partial charge in [-0.25, -0.2) is 15.0 Å². The molecule has 0 amide bonds. The highest BCUT2D eigenvalue weighted by Crippen LogP contribution is 2.46. The van der Waals surface area contributed by atoms with Crippen molar-refractivity contribution in [3.63, 3.8) is 0 Å². The number of nitrogens with zero attached hydrogens (tertiary/aromatic N) is 4. The first kappa shape index (κ1) is 39.0. The van der Waals surface area contributed by atoms with E-state index < -0.39 is 0 Å².